The molecule has 0 aromatic heterocycles. The van der Waals surface area contributed by atoms with Crippen LogP contribution in [0.25, 0.3) is 0 Å². The third-order valence-electron chi connectivity index (χ3n) is 7.68. The summed E-state index contributed by atoms with van der Waals surface area (Å²) in [5.74, 6) is 1.80. The Kier molecular flexibility index (Phi) is 10.2. The Morgan fingerprint density at radius 3 is 1.97 bits per heavy atom. The van der Waals surface area contributed by atoms with Crippen LogP contribution in [0.5, 0.6) is 0 Å². The van der Waals surface area contributed by atoms with Crippen LogP contribution in [0.15, 0.2) is 42.5 Å². The molecule has 2 aromatic rings. The minimum Gasteiger partial charge on any atom is -0.0654 e. The molecule has 0 nitrogen and oxygen atoms in total. The Balaban J connectivity index is 1.46. The third kappa shape index (κ3) is 7.81. The zero-order valence-electron chi connectivity index (χ0n) is 20.6. The fraction of sp³-hybridized carbons (Fsp3) is 0.613. The molecule has 0 N–H and O–H groups in total. The Bertz CT molecular complexity index is 746. The molecule has 1 aliphatic carbocycles. The fourth-order valence-corrected chi connectivity index (χ4v) is 5.45. The lowest BCUT2D eigenvalue weighted by Gasteiger charge is -2.29. The van der Waals surface area contributed by atoms with Crippen molar-refractivity contribution in [3.05, 3.63) is 70.3 Å². The molecule has 0 atom stereocenters. The molecule has 0 spiro atoms. The van der Waals surface area contributed by atoms with Crippen LogP contribution < -0.4 is 0 Å². The first kappa shape index (κ1) is 24.1. The van der Waals surface area contributed by atoms with Crippen LogP contribution in [0.2, 0.25) is 0 Å². The molecule has 0 radical (unpaired) electrons. The van der Waals surface area contributed by atoms with Crippen LogP contribution in [-0.2, 0) is 19.3 Å². The van der Waals surface area contributed by atoms with Crippen molar-refractivity contribution in [3.8, 4) is 0 Å². The molecule has 0 unspecified atom stereocenters. The van der Waals surface area contributed by atoms with E-state index in [0.717, 1.165) is 24.7 Å². The second-order valence-corrected chi connectivity index (χ2v) is 10.2. The summed E-state index contributed by atoms with van der Waals surface area (Å²) in [4.78, 5) is 0. The van der Waals surface area contributed by atoms with Crippen molar-refractivity contribution in [3.63, 3.8) is 0 Å². The van der Waals surface area contributed by atoms with Crippen molar-refractivity contribution in [1.29, 1.82) is 0 Å². The van der Waals surface area contributed by atoms with Gasteiger partial charge < -0.3 is 0 Å². The molecule has 170 valence electrons. The van der Waals surface area contributed by atoms with Gasteiger partial charge in [0.05, 0.1) is 0 Å². The van der Waals surface area contributed by atoms with Gasteiger partial charge >= 0.3 is 0 Å². The topological polar surface area (TPSA) is 0 Å². The number of benzene rings is 2. The van der Waals surface area contributed by atoms with Gasteiger partial charge in [0.2, 0.25) is 0 Å². The molecular formula is C31H46. The first-order valence-electron chi connectivity index (χ1n) is 13.4. The Hall–Kier alpha value is -1.56. The zero-order valence-corrected chi connectivity index (χ0v) is 20.6. The number of hydrogen-bond donors (Lipinski definition) is 0. The highest BCUT2D eigenvalue weighted by molar-refractivity contribution is 5.34. The summed E-state index contributed by atoms with van der Waals surface area (Å²) in [7, 11) is 0. The van der Waals surface area contributed by atoms with Gasteiger partial charge in [-0.2, -0.15) is 0 Å². The predicted octanol–water partition coefficient (Wildman–Crippen LogP) is 9.37. The standard InChI is InChI=1S/C31H46/c1-4-6-8-10-26-12-14-28(15-13-26)16-19-29-22-23-31(24-25(29)3)30-20-17-27(18-21-30)11-9-7-5-2/h12-15,22-24,27,30H,4-11,16-21H2,1-3H3/t27-,30-. The average molecular weight is 419 g/mol. The molecule has 0 heteroatoms. The molecule has 0 bridgehead atoms. The van der Waals surface area contributed by atoms with Crippen molar-refractivity contribution >= 4 is 0 Å². The molecule has 2 aromatic carbocycles. The van der Waals surface area contributed by atoms with Gasteiger partial charge in [0.15, 0.2) is 0 Å². The summed E-state index contributed by atoms with van der Waals surface area (Å²) in [5.41, 5.74) is 7.61. The SMILES string of the molecule is CCCCCc1ccc(CCc2ccc([C@H]3CC[C@H](CCCCC)CC3)cc2C)cc1. The van der Waals surface area contributed by atoms with Crippen LogP contribution in [0, 0.1) is 12.8 Å². The van der Waals surface area contributed by atoms with Crippen LogP contribution in [0.1, 0.15) is 118 Å². The van der Waals surface area contributed by atoms with Gasteiger partial charge in [0, 0.05) is 0 Å². The van der Waals surface area contributed by atoms with E-state index < -0.39 is 0 Å². The lowest BCUT2D eigenvalue weighted by atomic mass is 9.76. The van der Waals surface area contributed by atoms with Crippen LogP contribution >= 0.6 is 0 Å². The molecular weight excluding hydrogens is 372 g/mol. The van der Waals surface area contributed by atoms with E-state index in [9.17, 15) is 0 Å². The smallest absolute Gasteiger partial charge is 0.0162 e. The van der Waals surface area contributed by atoms with E-state index in [1.54, 1.807) is 5.56 Å². The maximum atomic E-state index is 2.51. The van der Waals surface area contributed by atoms with Gasteiger partial charge in [-0.15, -0.1) is 0 Å². The first-order chi connectivity index (χ1) is 15.2. The Morgan fingerprint density at radius 1 is 0.677 bits per heavy atom. The summed E-state index contributed by atoms with van der Waals surface area (Å²) in [6.07, 6.45) is 18.9. The quantitative estimate of drug-likeness (QED) is 0.301. The summed E-state index contributed by atoms with van der Waals surface area (Å²) >= 11 is 0. The molecule has 0 heterocycles. The minimum atomic E-state index is 0.801. The van der Waals surface area contributed by atoms with Crippen LogP contribution in [0.3, 0.4) is 0 Å². The third-order valence-corrected chi connectivity index (χ3v) is 7.68. The summed E-state index contributed by atoms with van der Waals surface area (Å²) in [6.45, 7) is 6.91. The van der Waals surface area contributed by atoms with Gasteiger partial charge in [-0.1, -0.05) is 94.8 Å². The van der Waals surface area contributed by atoms with E-state index in [-0.39, 0.29) is 0 Å². The molecule has 1 aliphatic rings. The van der Waals surface area contributed by atoms with Crippen LogP contribution in [-0.4, -0.2) is 0 Å². The van der Waals surface area contributed by atoms with Crippen molar-refractivity contribution < 1.29 is 0 Å². The molecule has 1 saturated carbocycles. The minimum absolute atomic E-state index is 0.801. The van der Waals surface area contributed by atoms with Gasteiger partial charge in [0.1, 0.15) is 0 Å². The van der Waals surface area contributed by atoms with Crippen molar-refractivity contribution in [2.45, 2.75) is 117 Å². The van der Waals surface area contributed by atoms with E-state index in [4.69, 9.17) is 0 Å². The Morgan fingerprint density at radius 2 is 1.32 bits per heavy atom. The number of hydrogen-bond acceptors (Lipinski definition) is 0. The van der Waals surface area contributed by atoms with Crippen molar-refractivity contribution in [2.24, 2.45) is 5.92 Å². The van der Waals surface area contributed by atoms with Crippen molar-refractivity contribution in [2.75, 3.05) is 0 Å². The second-order valence-electron chi connectivity index (χ2n) is 10.2. The van der Waals surface area contributed by atoms with Gasteiger partial charge in [-0.25, -0.2) is 0 Å². The molecule has 0 aliphatic heterocycles. The summed E-state index contributed by atoms with van der Waals surface area (Å²) in [6, 6.07) is 16.8. The van der Waals surface area contributed by atoms with E-state index in [1.807, 2.05) is 0 Å². The molecule has 3 rings (SSSR count). The van der Waals surface area contributed by atoms with Crippen molar-refractivity contribution in [1.82, 2.24) is 0 Å². The largest absolute Gasteiger partial charge is 0.0654 e. The highest BCUT2D eigenvalue weighted by Crippen LogP contribution is 2.38. The lowest BCUT2D eigenvalue weighted by molar-refractivity contribution is 0.302. The van der Waals surface area contributed by atoms with E-state index >= 15 is 0 Å². The average Bonchev–Trinajstić information content (AvgIpc) is 2.80. The zero-order chi connectivity index (χ0) is 21.9. The molecule has 31 heavy (non-hydrogen) atoms. The van der Waals surface area contributed by atoms with Gasteiger partial charge in [-0.3, -0.25) is 0 Å². The maximum Gasteiger partial charge on any atom is -0.0162 e. The molecule has 0 amide bonds. The van der Waals surface area contributed by atoms with E-state index in [0.29, 0.717) is 0 Å². The monoisotopic (exact) mass is 418 g/mol. The highest BCUT2D eigenvalue weighted by Gasteiger charge is 2.22. The van der Waals surface area contributed by atoms with E-state index in [2.05, 4.69) is 63.2 Å². The summed E-state index contributed by atoms with van der Waals surface area (Å²) < 4.78 is 0. The highest BCUT2D eigenvalue weighted by atomic mass is 14.3. The van der Waals surface area contributed by atoms with E-state index in [1.165, 1.54) is 99.3 Å². The van der Waals surface area contributed by atoms with Crippen LogP contribution in [0.4, 0.5) is 0 Å². The number of aryl methyl sites for hydroxylation is 4. The number of unbranched alkanes of at least 4 members (excludes halogenated alkanes) is 4. The fourth-order valence-electron chi connectivity index (χ4n) is 5.45. The number of rotatable bonds is 12. The molecule has 1 fully saturated rings. The maximum absolute atomic E-state index is 2.51. The lowest BCUT2D eigenvalue weighted by Crippen LogP contribution is -2.13. The first-order valence-corrected chi connectivity index (χ1v) is 13.4. The summed E-state index contributed by atoms with van der Waals surface area (Å²) in [5, 5.41) is 0. The Labute approximate surface area is 192 Å². The van der Waals surface area contributed by atoms with Gasteiger partial charge in [0.25, 0.3) is 0 Å². The normalized spacial score (nSPS) is 18.9. The predicted molar refractivity (Wildman–Crippen MR) is 137 cm³/mol. The van der Waals surface area contributed by atoms with Gasteiger partial charge in [-0.05, 0) is 97.9 Å². The second kappa shape index (κ2) is 13.1. The molecule has 0 saturated heterocycles.